The van der Waals surface area contributed by atoms with Crippen LogP contribution in [0.3, 0.4) is 0 Å². The lowest BCUT2D eigenvalue weighted by molar-refractivity contribution is -0.129. The Bertz CT molecular complexity index is 809. The van der Waals surface area contributed by atoms with Gasteiger partial charge in [0, 0.05) is 6.54 Å². The molecule has 2 aromatic rings. The SMILES string of the molecule is Cc1ccc(N2CCC(C(=O)Nc3ccccc3F)C2=O)c(Cl)c1. The van der Waals surface area contributed by atoms with Gasteiger partial charge in [0.2, 0.25) is 11.8 Å². The molecule has 1 atom stereocenters. The van der Waals surface area contributed by atoms with Crippen LogP contribution in [-0.4, -0.2) is 18.4 Å². The van der Waals surface area contributed by atoms with Gasteiger partial charge in [-0.05, 0) is 43.2 Å². The van der Waals surface area contributed by atoms with Crippen LogP contribution in [0.4, 0.5) is 15.8 Å². The molecule has 0 saturated carbocycles. The molecule has 0 aliphatic carbocycles. The molecule has 6 heteroatoms. The van der Waals surface area contributed by atoms with Gasteiger partial charge in [-0.3, -0.25) is 9.59 Å². The van der Waals surface area contributed by atoms with Crippen LogP contribution < -0.4 is 10.2 Å². The molecule has 1 N–H and O–H groups in total. The monoisotopic (exact) mass is 346 g/mol. The summed E-state index contributed by atoms with van der Waals surface area (Å²) in [5.41, 5.74) is 1.65. The summed E-state index contributed by atoms with van der Waals surface area (Å²) in [6, 6.07) is 11.3. The lowest BCUT2D eigenvalue weighted by Crippen LogP contribution is -2.33. The minimum Gasteiger partial charge on any atom is -0.323 e. The van der Waals surface area contributed by atoms with Crippen LogP contribution in [0.1, 0.15) is 12.0 Å². The number of nitrogens with zero attached hydrogens (tertiary/aromatic N) is 1. The van der Waals surface area contributed by atoms with Crippen LogP contribution >= 0.6 is 11.6 Å². The van der Waals surface area contributed by atoms with Crippen LogP contribution in [-0.2, 0) is 9.59 Å². The molecule has 1 fully saturated rings. The van der Waals surface area contributed by atoms with Crippen LogP contribution in [0.15, 0.2) is 42.5 Å². The molecule has 2 aromatic carbocycles. The number of benzene rings is 2. The lowest BCUT2D eigenvalue weighted by Gasteiger charge is -2.18. The zero-order valence-corrected chi connectivity index (χ0v) is 13.8. The topological polar surface area (TPSA) is 49.4 Å². The molecule has 0 aromatic heterocycles. The van der Waals surface area contributed by atoms with Gasteiger partial charge in [-0.2, -0.15) is 0 Å². The van der Waals surface area contributed by atoms with E-state index >= 15 is 0 Å². The third kappa shape index (κ3) is 3.12. The van der Waals surface area contributed by atoms with Gasteiger partial charge in [-0.15, -0.1) is 0 Å². The van der Waals surface area contributed by atoms with Crippen LogP contribution in [0.25, 0.3) is 0 Å². The molecular formula is C18H16ClFN2O2. The standard InChI is InChI=1S/C18H16ClFN2O2/c1-11-6-7-16(13(19)10-11)22-9-8-12(18(22)24)17(23)21-15-5-3-2-4-14(15)20/h2-7,10,12H,8-9H2,1H3,(H,21,23). The molecule has 4 nitrogen and oxygen atoms in total. The van der Waals surface area contributed by atoms with Crippen molar-refractivity contribution in [3.8, 4) is 0 Å². The Morgan fingerprint density at radius 3 is 2.75 bits per heavy atom. The van der Waals surface area contributed by atoms with Crippen molar-refractivity contribution in [2.75, 3.05) is 16.8 Å². The fraction of sp³-hybridized carbons (Fsp3) is 0.222. The summed E-state index contributed by atoms with van der Waals surface area (Å²) in [7, 11) is 0. The van der Waals surface area contributed by atoms with Crippen molar-refractivity contribution < 1.29 is 14.0 Å². The van der Waals surface area contributed by atoms with Gasteiger partial charge in [0.1, 0.15) is 11.7 Å². The molecule has 124 valence electrons. The maximum atomic E-state index is 13.6. The molecular weight excluding hydrogens is 331 g/mol. The Labute approximate surface area is 144 Å². The van der Waals surface area contributed by atoms with Gasteiger partial charge in [0.15, 0.2) is 0 Å². The number of carbonyl (C=O) groups is 2. The van der Waals surface area contributed by atoms with E-state index in [0.29, 0.717) is 23.7 Å². The third-order valence-electron chi connectivity index (χ3n) is 4.05. The van der Waals surface area contributed by atoms with Gasteiger partial charge in [0.25, 0.3) is 0 Å². The fourth-order valence-corrected chi connectivity index (χ4v) is 3.11. The highest BCUT2D eigenvalue weighted by atomic mass is 35.5. The molecule has 1 heterocycles. The van der Waals surface area contributed by atoms with Gasteiger partial charge >= 0.3 is 0 Å². The maximum Gasteiger partial charge on any atom is 0.239 e. The van der Waals surface area contributed by atoms with Crippen molar-refractivity contribution >= 4 is 34.8 Å². The van der Waals surface area contributed by atoms with Gasteiger partial charge in [-0.1, -0.05) is 29.8 Å². The summed E-state index contributed by atoms with van der Waals surface area (Å²) in [4.78, 5) is 26.4. The van der Waals surface area contributed by atoms with E-state index in [1.165, 1.54) is 23.1 Å². The zero-order valence-electron chi connectivity index (χ0n) is 13.1. The largest absolute Gasteiger partial charge is 0.323 e. The number of amides is 2. The van der Waals surface area contributed by atoms with E-state index in [0.717, 1.165) is 5.56 Å². The van der Waals surface area contributed by atoms with E-state index < -0.39 is 17.6 Å². The van der Waals surface area contributed by atoms with E-state index in [4.69, 9.17) is 11.6 Å². The number of hydrogen-bond donors (Lipinski definition) is 1. The second-order valence-corrected chi connectivity index (χ2v) is 6.16. The molecule has 1 aliphatic heterocycles. The molecule has 0 radical (unpaired) electrons. The number of hydrogen-bond acceptors (Lipinski definition) is 2. The second kappa shape index (κ2) is 6.61. The Morgan fingerprint density at radius 1 is 1.29 bits per heavy atom. The number of para-hydroxylation sites is 1. The summed E-state index contributed by atoms with van der Waals surface area (Å²) >= 11 is 6.21. The van der Waals surface area contributed by atoms with Crippen LogP contribution in [0.5, 0.6) is 0 Å². The molecule has 0 spiro atoms. The fourth-order valence-electron chi connectivity index (χ4n) is 2.78. The van der Waals surface area contributed by atoms with E-state index in [9.17, 15) is 14.0 Å². The lowest BCUT2D eigenvalue weighted by atomic mass is 10.1. The average Bonchev–Trinajstić information content (AvgIpc) is 2.91. The molecule has 24 heavy (non-hydrogen) atoms. The van der Waals surface area contributed by atoms with Crippen molar-refractivity contribution in [2.45, 2.75) is 13.3 Å². The first-order valence-electron chi connectivity index (χ1n) is 7.60. The minimum absolute atomic E-state index is 0.0714. The minimum atomic E-state index is -0.845. The predicted octanol–water partition coefficient (Wildman–Crippen LogP) is 3.78. The Balaban J connectivity index is 1.76. The van der Waals surface area contributed by atoms with E-state index in [2.05, 4.69) is 5.32 Å². The smallest absolute Gasteiger partial charge is 0.239 e. The predicted molar refractivity (Wildman–Crippen MR) is 91.7 cm³/mol. The highest BCUT2D eigenvalue weighted by Gasteiger charge is 2.38. The summed E-state index contributed by atoms with van der Waals surface area (Å²) in [6.45, 7) is 2.31. The van der Waals surface area contributed by atoms with Crippen molar-refractivity contribution in [1.29, 1.82) is 0 Å². The number of rotatable bonds is 3. The Morgan fingerprint density at radius 2 is 2.04 bits per heavy atom. The number of nitrogens with one attached hydrogen (secondary N) is 1. The highest BCUT2D eigenvalue weighted by molar-refractivity contribution is 6.34. The summed E-state index contributed by atoms with van der Waals surface area (Å²) in [5.74, 6) is -2.21. The highest BCUT2D eigenvalue weighted by Crippen LogP contribution is 2.32. The first kappa shape index (κ1) is 16.5. The molecule has 3 rings (SSSR count). The normalized spacial score (nSPS) is 17.2. The average molecular weight is 347 g/mol. The molecule has 0 bridgehead atoms. The van der Waals surface area contributed by atoms with Crippen LogP contribution in [0.2, 0.25) is 5.02 Å². The first-order valence-corrected chi connectivity index (χ1v) is 7.98. The van der Waals surface area contributed by atoms with Gasteiger partial charge in [0.05, 0.1) is 16.4 Å². The van der Waals surface area contributed by atoms with Crippen molar-refractivity contribution in [3.05, 3.63) is 58.9 Å². The van der Waals surface area contributed by atoms with Gasteiger partial charge in [-0.25, -0.2) is 4.39 Å². The quantitative estimate of drug-likeness (QED) is 0.860. The van der Waals surface area contributed by atoms with Gasteiger partial charge < -0.3 is 10.2 Å². The Hall–Kier alpha value is -2.40. The number of anilines is 2. The maximum absolute atomic E-state index is 13.6. The third-order valence-corrected chi connectivity index (χ3v) is 4.35. The number of halogens is 2. The van der Waals surface area contributed by atoms with Crippen molar-refractivity contribution in [2.24, 2.45) is 5.92 Å². The molecule has 2 amide bonds. The Kier molecular flexibility index (Phi) is 4.53. The van der Waals surface area contributed by atoms with Crippen molar-refractivity contribution in [1.82, 2.24) is 0 Å². The number of aryl methyl sites for hydroxylation is 1. The van der Waals surface area contributed by atoms with E-state index in [-0.39, 0.29) is 11.6 Å². The van der Waals surface area contributed by atoms with E-state index in [1.54, 1.807) is 18.2 Å². The first-order chi connectivity index (χ1) is 11.5. The van der Waals surface area contributed by atoms with Crippen molar-refractivity contribution in [3.63, 3.8) is 0 Å². The second-order valence-electron chi connectivity index (χ2n) is 5.76. The summed E-state index contributed by atoms with van der Waals surface area (Å²) < 4.78 is 13.6. The van der Waals surface area contributed by atoms with Crippen LogP contribution in [0, 0.1) is 18.7 Å². The van der Waals surface area contributed by atoms with E-state index in [1.807, 2.05) is 13.0 Å². The summed E-state index contributed by atoms with van der Waals surface area (Å²) in [5, 5.41) is 2.95. The zero-order chi connectivity index (χ0) is 17.3. The molecule has 1 aliphatic rings. The molecule has 1 saturated heterocycles. The summed E-state index contributed by atoms with van der Waals surface area (Å²) in [6.07, 6.45) is 0.364. The molecule has 1 unspecified atom stereocenters. The number of carbonyl (C=O) groups excluding carboxylic acids is 2.